The molecule has 1 aromatic carbocycles. The smallest absolute Gasteiger partial charge is 0.481 e. The number of anilines is 2. The van der Waals surface area contributed by atoms with Crippen LogP contribution in [0.1, 0.15) is 23.2 Å². The van der Waals surface area contributed by atoms with Gasteiger partial charge in [-0.2, -0.15) is 0 Å². The SMILES string of the molecule is O=C(Nc1nc(-c2cccc(OC(F)(F)F)c2F)cs1)c1cnc(N2CCC(C(=O)O)CC2)c(Cl)c1. The summed E-state index contributed by atoms with van der Waals surface area (Å²) in [6.07, 6.45) is -2.84. The highest BCUT2D eigenvalue weighted by molar-refractivity contribution is 7.14. The lowest BCUT2D eigenvalue weighted by molar-refractivity contribution is -0.275. The van der Waals surface area contributed by atoms with Crippen LogP contribution in [0, 0.1) is 11.7 Å². The van der Waals surface area contributed by atoms with Crippen molar-refractivity contribution in [2.24, 2.45) is 5.92 Å². The molecule has 1 aliphatic heterocycles. The van der Waals surface area contributed by atoms with Gasteiger partial charge < -0.3 is 14.7 Å². The number of nitrogens with zero attached hydrogens (tertiary/aromatic N) is 3. The molecule has 1 amide bonds. The number of carboxylic acids is 1. The molecule has 3 aromatic rings. The Labute approximate surface area is 210 Å². The number of aliphatic carboxylic acids is 1. The van der Waals surface area contributed by atoms with E-state index in [4.69, 9.17) is 16.7 Å². The first-order valence-corrected chi connectivity index (χ1v) is 11.7. The zero-order valence-electron chi connectivity index (χ0n) is 18.2. The monoisotopic (exact) mass is 544 g/mol. The third-order valence-corrected chi connectivity index (χ3v) is 6.45. The zero-order chi connectivity index (χ0) is 26.0. The first kappa shape index (κ1) is 25.6. The van der Waals surface area contributed by atoms with E-state index < -0.39 is 35.7 Å². The van der Waals surface area contributed by atoms with Crippen molar-refractivity contribution in [3.05, 3.63) is 52.2 Å². The number of carbonyl (C=O) groups excluding carboxylic acids is 1. The molecular weight excluding hydrogens is 528 g/mol. The van der Waals surface area contributed by atoms with Gasteiger partial charge in [0.25, 0.3) is 5.91 Å². The van der Waals surface area contributed by atoms with Crippen LogP contribution in [0.4, 0.5) is 28.5 Å². The number of aromatic nitrogens is 2. The number of piperidine rings is 1. The number of thiazole rings is 1. The lowest BCUT2D eigenvalue weighted by atomic mass is 9.97. The van der Waals surface area contributed by atoms with Gasteiger partial charge in [0.1, 0.15) is 5.82 Å². The van der Waals surface area contributed by atoms with Gasteiger partial charge in [-0.1, -0.05) is 17.7 Å². The van der Waals surface area contributed by atoms with Gasteiger partial charge in [0, 0.05) is 30.2 Å². The molecule has 190 valence electrons. The highest BCUT2D eigenvalue weighted by atomic mass is 35.5. The summed E-state index contributed by atoms with van der Waals surface area (Å²) >= 11 is 7.27. The molecule has 4 rings (SSSR count). The lowest BCUT2D eigenvalue weighted by Gasteiger charge is -2.31. The van der Waals surface area contributed by atoms with Gasteiger partial charge in [-0.3, -0.25) is 14.9 Å². The van der Waals surface area contributed by atoms with Crippen LogP contribution in [0.25, 0.3) is 11.3 Å². The normalized spacial score (nSPS) is 14.5. The Balaban J connectivity index is 1.45. The third kappa shape index (κ3) is 5.85. The van der Waals surface area contributed by atoms with Crippen molar-refractivity contribution >= 4 is 45.8 Å². The Morgan fingerprint density at radius 3 is 2.61 bits per heavy atom. The molecule has 0 radical (unpaired) electrons. The minimum atomic E-state index is -5.06. The Morgan fingerprint density at radius 1 is 1.25 bits per heavy atom. The number of pyridine rings is 1. The van der Waals surface area contributed by atoms with Gasteiger partial charge in [-0.15, -0.1) is 24.5 Å². The summed E-state index contributed by atoms with van der Waals surface area (Å²) < 4.78 is 55.6. The minimum absolute atomic E-state index is 0.0108. The molecule has 0 atom stereocenters. The molecule has 0 aliphatic carbocycles. The van der Waals surface area contributed by atoms with E-state index in [0.29, 0.717) is 31.7 Å². The van der Waals surface area contributed by atoms with Crippen LogP contribution in [0.2, 0.25) is 5.02 Å². The second-order valence-corrected chi connectivity index (χ2v) is 9.05. The summed E-state index contributed by atoms with van der Waals surface area (Å²) in [6, 6.07) is 4.68. The van der Waals surface area contributed by atoms with Crippen LogP contribution in [0.5, 0.6) is 5.75 Å². The van der Waals surface area contributed by atoms with Crippen molar-refractivity contribution < 1.29 is 37.0 Å². The molecule has 1 fully saturated rings. The predicted molar refractivity (Wildman–Crippen MR) is 124 cm³/mol. The number of benzene rings is 1. The van der Waals surface area contributed by atoms with Crippen LogP contribution < -0.4 is 15.0 Å². The van der Waals surface area contributed by atoms with E-state index in [0.717, 1.165) is 17.4 Å². The van der Waals surface area contributed by atoms with Crippen molar-refractivity contribution in [3.8, 4) is 17.0 Å². The van der Waals surface area contributed by atoms with Gasteiger partial charge in [0.15, 0.2) is 16.7 Å². The average molecular weight is 545 g/mol. The van der Waals surface area contributed by atoms with E-state index in [9.17, 15) is 27.2 Å². The van der Waals surface area contributed by atoms with Crippen LogP contribution in [0.3, 0.4) is 0 Å². The number of nitrogens with one attached hydrogen (secondary N) is 1. The van der Waals surface area contributed by atoms with Crippen LogP contribution >= 0.6 is 22.9 Å². The summed E-state index contributed by atoms with van der Waals surface area (Å²) in [5, 5.41) is 13.3. The van der Waals surface area contributed by atoms with E-state index in [2.05, 4.69) is 20.0 Å². The number of hydrogen-bond acceptors (Lipinski definition) is 7. The van der Waals surface area contributed by atoms with Gasteiger partial charge >= 0.3 is 12.3 Å². The average Bonchev–Trinajstić information content (AvgIpc) is 3.27. The fraction of sp³-hybridized carbons (Fsp3) is 0.273. The van der Waals surface area contributed by atoms with Gasteiger partial charge in [-0.05, 0) is 31.0 Å². The summed E-state index contributed by atoms with van der Waals surface area (Å²) in [5.74, 6) is -3.65. The van der Waals surface area contributed by atoms with Crippen molar-refractivity contribution in [3.63, 3.8) is 0 Å². The molecule has 0 unspecified atom stereocenters. The molecule has 0 saturated carbocycles. The number of amides is 1. The molecule has 2 aromatic heterocycles. The minimum Gasteiger partial charge on any atom is -0.481 e. The van der Waals surface area contributed by atoms with Crippen LogP contribution in [0.15, 0.2) is 35.8 Å². The van der Waals surface area contributed by atoms with Gasteiger partial charge in [0.05, 0.1) is 22.2 Å². The summed E-state index contributed by atoms with van der Waals surface area (Å²) in [7, 11) is 0. The summed E-state index contributed by atoms with van der Waals surface area (Å²) in [4.78, 5) is 34.0. The fourth-order valence-corrected chi connectivity index (χ4v) is 4.65. The topological polar surface area (TPSA) is 105 Å². The summed E-state index contributed by atoms with van der Waals surface area (Å²) in [6.45, 7) is 0.922. The van der Waals surface area contributed by atoms with Gasteiger partial charge in [-0.25, -0.2) is 14.4 Å². The number of hydrogen-bond donors (Lipinski definition) is 2. The number of carboxylic acid groups (broad SMARTS) is 1. The maximum atomic E-state index is 14.5. The highest BCUT2D eigenvalue weighted by Gasteiger charge is 2.33. The zero-order valence-corrected chi connectivity index (χ0v) is 19.8. The number of alkyl halides is 3. The number of halogens is 5. The van der Waals surface area contributed by atoms with Gasteiger partial charge in [0.2, 0.25) is 0 Å². The first-order valence-electron chi connectivity index (χ1n) is 10.5. The summed E-state index contributed by atoms with van der Waals surface area (Å²) in [5.41, 5.74) is -0.0985. The fourth-order valence-electron chi connectivity index (χ4n) is 3.66. The highest BCUT2D eigenvalue weighted by Crippen LogP contribution is 2.34. The predicted octanol–water partition coefficient (Wildman–Crippen LogP) is 5.45. The maximum absolute atomic E-state index is 14.5. The third-order valence-electron chi connectivity index (χ3n) is 5.42. The van der Waals surface area contributed by atoms with Crippen molar-refractivity contribution in [1.82, 2.24) is 9.97 Å². The van der Waals surface area contributed by atoms with E-state index in [1.54, 1.807) is 0 Å². The maximum Gasteiger partial charge on any atom is 0.573 e. The van der Waals surface area contributed by atoms with E-state index in [1.807, 2.05) is 4.90 Å². The largest absolute Gasteiger partial charge is 0.573 e. The molecular formula is C22H17ClF4N4O4S. The first-order chi connectivity index (χ1) is 17.0. The molecule has 14 heteroatoms. The molecule has 0 spiro atoms. The Morgan fingerprint density at radius 2 is 1.97 bits per heavy atom. The van der Waals surface area contributed by atoms with E-state index in [1.165, 1.54) is 29.8 Å². The molecule has 8 nitrogen and oxygen atoms in total. The van der Waals surface area contributed by atoms with Crippen molar-refractivity contribution in [2.75, 3.05) is 23.3 Å². The second kappa shape index (κ2) is 10.3. The molecule has 0 bridgehead atoms. The number of carbonyl (C=O) groups is 2. The molecule has 36 heavy (non-hydrogen) atoms. The number of rotatable bonds is 6. The number of ether oxygens (including phenoxy) is 1. The van der Waals surface area contributed by atoms with Crippen LogP contribution in [-0.2, 0) is 4.79 Å². The Bertz CT molecular complexity index is 1300. The Hall–Kier alpha value is -3.45. The quantitative estimate of drug-likeness (QED) is 0.398. The standard InChI is InChI=1S/C22H17ClF4N4O4S/c23-14-8-12(9-28-18(14)31-6-4-11(5-7-31)20(33)34)19(32)30-21-29-15(10-36-21)13-2-1-3-16(17(13)24)35-22(25,26)27/h1-3,8-11H,4-7H2,(H,33,34)(H,29,30,32). The molecule has 1 saturated heterocycles. The van der Waals surface area contributed by atoms with E-state index in [-0.39, 0.29) is 27.0 Å². The molecule has 1 aliphatic rings. The lowest BCUT2D eigenvalue weighted by Crippen LogP contribution is -2.37. The molecule has 3 heterocycles. The van der Waals surface area contributed by atoms with E-state index >= 15 is 0 Å². The molecule has 2 N–H and O–H groups in total. The van der Waals surface area contributed by atoms with Crippen molar-refractivity contribution in [1.29, 1.82) is 0 Å². The van der Waals surface area contributed by atoms with Crippen molar-refractivity contribution in [2.45, 2.75) is 19.2 Å². The Kier molecular flexibility index (Phi) is 7.31. The second-order valence-electron chi connectivity index (χ2n) is 7.79. The van der Waals surface area contributed by atoms with Crippen LogP contribution in [-0.4, -0.2) is 46.4 Å².